The lowest BCUT2D eigenvalue weighted by molar-refractivity contribution is -0.134. The Kier molecular flexibility index (Phi) is 4.97. The Morgan fingerprint density at radius 3 is 2.56 bits per heavy atom. The lowest BCUT2D eigenvalue weighted by Crippen LogP contribution is -2.53. The van der Waals surface area contributed by atoms with Crippen molar-refractivity contribution in [1.82, 2.24) is 14.7 Å². The Labute approximate surface area is 196 Å². The quantitative estimate of drug-likeness (QED) is 0.598. The van der Waals surface area contributed by atoms with Crippen molar-refractivity contribution in [2.24, 2.45) is 10.9 Å². The van der Waals surface area contributed by atoms with Gasteiger partial charge < -0.3 is 19.3 Å². The summed E-state index contributed by atoms with van der Waals surface area (Å²) in [7, 11) is 0. The van der Waals surface area contributed by atoms with Gasteiger partial charge in [0.1, 0.15) is 11.7 Å². The third-order valence-corrected chi connectivity index (χ3v) is 6.76. The number of anilines is 1. The summed E-state index contributed by atoms with van der Waals surface area (Å²) in [6.45, 7) is 4.63. The van der Waals surface area contributed by atoms with Crippen LogP contribution in [0.25, 0.3) is 0 Å². The second-order valence-corrected chi connectivity index (χ2v) is 8.71. The van der Waals surface area contributed by atoms with Crippen LogP contribution in [-0.2, 0) is 4.79 Å². The number of halogens is 1. The fraction of sp³-hybridized carbons (Fsp3) is 0.320. The van der Waals surface area contributed by atoms with Gasteiger partial charge in [-0.3, -0.25) is 4.79 Å². The lowest BCUT2D eigenvalue weighted by Gasteiger charge is -2.40. The number of piperazine rings is 1. The van der Waals surface area contributed by atoms with Crippen LogP contribution in [0.1, 0.15) is 18.5 Å². The van der Waals surface area contributed by atoms with Crippen molar-refractivity contribution < 1.29 is 18.7 Å². The molecule has 2 atom stereocenters. The molecule has 4 heterocycles. The van der Waals surface area contributed by atoms with Gasteiger partial charge in [0.2, 0.25) is 12.7 Å². The number of hydrogen-bond acceptors (Lipinski definition) is 6. The Hall–Kier alpha value is -3.88. The molecule has 1 aromatic heterocycles. The van der Waals surface area contributed by atoms with E-state index in [-0.39, 0.29) is 24.6 Å². The molecule has 9 heteroatoms. The Balaban J connectivity index is 1.27. The number of aliphatic imine (C=N–C) groups is 1. The topological polar surface area (TPSA) is 72.2 Å². The molecule has 2 aromatic carbocycles. The molecule has 1 saturated heterocycles. The monoisotopic (exact) mass is 461 g/mol. The number of benzene rings is 2. The highest BCUT2D eigenvalue weighted by Crippen LogP contribution is 2.41. The second-order valence-electron chi connectivity index (χ2n) is 8.71. The molecule has 0 bridgehead atoms. The number of carbonyl (C=O) groups excluding carboxylic acids is 1. The predicted octanol–water partition coefficient (Wildman–Crippen LogP) is 3.41. The molecule has 174 valence electrons. The molecule has 0 radical (unpaired) electrons. The Morgan fingerprint density at radius 2 is 1.76 bits per heavy atom. The van der Waals surface area contributed by atoms with E-state index in [1.807, 2.05) is 40.8 Å². The van der Waals surface area contributed by atoms with Crippen LogP contribution in [0.4, 0.5) is 15.9 Å². The van der Waals surface area contributed by atoms with Gasteiger partial charge in [-0.15, -0.1) is 0 Å². The highest BCUT2D eigenvalue weighted by Gasteiger charge is 2.41. The number of rotatable bonds is 3. The number of fused-ring (bicyclic) bond motifs is 2. The summed E-state index contributed by atoms with van der Waals surface area (Å²) in [5, 5.41) is 4.51. The molecule has 0 spiro atoms. The maximum absolute atomic E-state index is 13.9. The average molecular weight is 461 g/mol. The summed E-state index contributed by atoms with van der Waals surface area (Å²) in [5.41, 5.74) is 2.65. The molecular formula is C25H24FN5O3. The van der Waals surface area contributed by atoms with E-state index in [0.717, 1.165) is 22.8 Å². The van der Waals surface area contributed by atoms with Gasteiger partial charge in [-0.05, 0) is 48.9 Å². The van der Waals surface area contributed by atoms with Gasteiger partial charge in [-0.25, -0.2) is 14.1 Å². The van der Waals surface area contributed by atoms with E-state index in [4.69, 9.17) is 9.47 Å². The number of ether oxygens (including phenoxy) is 2. The number of nitrogens with zero attached hydrogens (tertiary/aromatic N) is 5. The highest BCUT2D eigenvalue weighted by molar-refractivity contribution is 6.05. The zero-order valence-electron chi connectivity index (χ0n) is 18.7. The van der Waals surface area contributed by atoms with Gasteiger partial charge in [0.05, 0.1) is 12.2 Å². The van der Waals surface area contributed by atoms with Crippen molar-refractivity contribution in [1.29, 1.82) is 0 Å². The molecule has 0 saturated carbocycles. The first-order valence-corrected chi connectivity index (χ1v) is 11.4. The van der Waals surface area contributed by atoms with E-state index >= 15 is 0 Å². The van der Waals surface area contributed by atoms with Crippen molar-refractivity contribution in [2.75, 3.05) is 37.9 Å². The van der Waals surface area contributed by atoms with Crippen LogP contribution >= 0.6 is 0 Å². The molecule has 1 amide bonds. The van der Waals surface area contributed by atoms with Crippen molar-refractivity contribution in [3.8, 4) is 11.5 Å². The molecule has 3 aliphatic heterocycles. The summed E-state index contributed by atoms with van der Waals surface area (Å²) in [4.78, 5) is 22.6. The molecule has 0 aliphatic carbocycles. The molecule has 34 heavy (non-hydrogen) atoms. The molecule has 1 fully saturated rings. The van der Waals surface area contributed by atoms with Crippen LogP contribution in [0.15, 0.2) is 59.7 Å². The van der Waals surface area contributed by atoms with Crippen LogP contribution in [0.3, 0.4) is 0 Å². The molecule has 8 nitrogen and oxygen atoms in total. The van der Waals surface area contributed by atoms with E-state index in [0.29, 0.717) is 37.7 Å². The number of hydrogen-bond donors (Lipinski definition) is 0. The van der Waals surface area contributed by atoms with Crippen LogP contribution in [0, 0.1) is 11.7 Å². The van der Waals surface area contributed by atoms with E-state index in [1.165, 1.54) is 12.1 Å². The Morgan fingerprint density at radius 1 is 1.00 bits per heavy atom. The van der Waals surface area contributed by atoms with E-state index in [2.05, 4.69) is 15.0 Å². The third kappa shape index (κ3) is 3.48. The molecule has 3 aliphatic rings. The summed E-state index contributed by atoms with van der Waals surface area (Å²) in [6, 6.07) is 13.8. The van der Waals surface area contributed by atoms with Crippen LogP contribution < -0.4 is 14.4 Å². The fourth-order valence-corrected chi connectivity index (χ4v) is 5.01. The minimum Gasteiger partial charge on any atom is -0.454 e. The SMILES string of the molecule is CC1=Nc2ccnn2C(c2ccc3c(c2)OCO3)C1C(=O)N1CCN(c2ccc(F)cc2)CC1. The van der Waals surface area contributed by atoms with E-state index in [9.17, 15) is 9.18 Å². The van der Waals surface area contributed by atoms with Crippen LogP contribution in [-0.4, -0.2) is 59.3 Å². The highest BCUT2D eigenvalue weighted by atomic mass is 19.1. The van der Waals surface area contributed by atoms with E-state index in [1.54, 1.807) is 18.3 Å². The van der Waals surface area contributed by atoms with Gasteiger partial charge in [-0.1, -0.05) is 6.07 Å². The number of carbonyl (C=O) groups is 1. The lowest BCUT2D eigenvalue weighted by atomic mass is 9.86. The maximum Gasteiger partial charge on any atom is 0.234 e. The zero-order valence-corrected chi connectivity index (χ0v) is 18.7. The first-order valence-electron chi connectivity index (χ1n) is 11.4. The normalized spacial score (nSPS) is 21.3. The molecular weight excluding hydrogens is 437 g/mol. The van der Waals surface area contributed by atoms with Gasteiger partial charge in [0.25, 0.3) is 0 Å². The summed E-state index contributed by atoms with van der Waals surface area (Å²) >= 11 is 0. The zero-order chi connectivity index (χ0) is 23.2. The number of amides is 1. The smallest absolute Gasteiger partial charge is 0.234 e. The summed E-state index contributed by atoms with van der Waals surface area (Å²) in [5.74, 6) is 1.40. The molecule has 6 rings (SSSR count). The van der Waals surface area contributed by atoms with Gasteiger partial charge in [0.15, 0.2) is 17.3 Å². The van der Waals surface area contributed by atoms with Gasteiger partial charge >= 0.3 is 0 Å². The summed E-state index contributed by atoms with van der Waals surface area (Å²) < 4.78 is 26.2. The third-order valence-electron chi connectivity index (χ3n) is 6.76. The molecule has 2 unspecified atom stereocenters. The van der Waals surface area contributed by atoms with Crippen molar-refractivity contribution in [3.05, 3.63) is 66.1 Å². The first kappa shape index (κ1) is 20.7. The average Bonchev–Trinajstić information content (AvgIpc) is 3.52. The molecule has 3 aromatic rings. The maximum atomic E-state index is 13.9. The molecule has 0 N–H and O–H groups in total. The first-order chi connectivity index (χ1) is 16.6. The van der Waals surface area contributed by atoms with Crippen molar-refractivity contribution in [3.63, 3.8) is 0 Å². The Bertz CT molecular complexity index is 1260. The minimum atomic E-state index is -0.481. The fourth-order valence-electron chi connectivity index (χ4n) is 5.01. The standard InChI is InChI=1S/C25H24FN5O3/c1-16-23(25(32)30-12-10-29(11-13-30)19-5-3-18(26)4-6-19)24(31-22(28-16)8-9-27-31)17-2-7-20-21(14-17)34-15-33-20/h2-9,14,23-24H,10-13,15H2,1H3. The van der Waals surface area contributed by atoms with Gasteiger partial charge in [-0.2, -0.15) is 5.10 Å². The van der Waals surface area contributed by atoms with E-state index < -0.39 is 5.92 Å². The van der Waals surface area contributed by atoms with Gasteiger partial charge in [0, 0.05) is 43.6 Å². The number of aromatic nitrogens is 2. The van der Waals surface area contributed by atoms with Crippen LogP contribution in [0.2, 0.25) is 0 Å². The van der Waals surface area contributed by atoms with Crippen molar-refractivity contribution >= 4 is 23.1 Å². The van der Waals surface area contributed by atoms with Crippen LogP contribution in [0.5, 0.6) is 11.5 Å². The predicted molar refractivity (Wildman–Crippen MR) is 124 cm³/mol. The minimum absolute atomic E-state index is 0.0313. The summed E-state index contributed by atoms with van der Waals surface area (Å²) in [6.07, 6.45) is 1.71. The van der Waals surface area contributed by atoms with Crippen molar-refractivity contribution in [2.45, 2.75) is 13.0 Å². The largest absolute Gasteiger partial charge is 0.454 e. The second kappa shape index (κ2) is 8.16.